The Morgan fingerprint density at radius 2 is 1.86 bits per heavy atom. The van der Waals surface area contributed by atoms with E-state index in [9.17, 15) is 4.79 Å². The molecule has 28 heavy (non-hydrogen) atoms. The van der Waals surface area contributed by atoms with Gasteiger partial charge in [0.05, 0.1) is 21.2 Å². The van der Waals surface area contributed by atoms with E-state index in [4.69, 9.17) is 40.5 Å². The van der Waals surface area contributed by atoms with E-state index in [-0.39, 0.29) is 10.7 Å². The van der Waals surface area contributed by atoms with Crippen molar-refractivity contribution < 1.29 is 4.79 Å². The molecule has 140 valence electrons. The monoisotopic (exact) mass is 433 g/mol. The number of benzene rings is 1. The number of pyridine rings is 1. The van der Waals surface area contributed by atoms with Crippen LogP contribution in [0, 0.1) is 0 Å². The van der Waals surface area contributed by atoms with Crippen LogP contribution in [0.3, 0.4) is 0 Å². The molecule has 11 heteroatoms. The maximum atomic E-state index is 11.8. The molecule has 0 saturated carbocycles. The number of fused-ring (bicyclic) bond motifs is 1. The molecule has 3 aromatic heterocycles. The zero-order valence-electron chi connectivity index (χ0n) is 13.9. The number of carbonyl (C=O) groups excluding carboxylic acids is 1. The van der Waals surface area contributed by atoms with E-state index >= 15 is 0 Å². The van der Waals surface area contributed by atoms with Crippen LogP contribution in [-0.4, -0.2) is 30.8 Å². The van der Waals surface area contributed by atoms with Gasteiger partial charge in [-0.15, -0.1) is 0 Å². The molecule has 0 aliphatic heterocycles. The fourth-order valence-corrected chi connectivity index (χ4v) is 3.36. The fourth-order valence-electron chi connectivity index (χ4n) is 2.64. The zero-order valence-corrected chi connectivity index (χ0v) is 16.1. The molecular weight excluding hydrogens is 425 g/mol. The Morgan fingerprint density at radius 1 is 1.11 bits per heavy atom. The Balaban J connectivity index is 1.92. The standard InChI is InChI=1S/C17H10Cl3N7O/c18-8-2-1-3-9(19)12(8)16-26-13-7(15(21)28)5-22-17(14(13)27-16)25-11-4-10(20)23-6-24-11/h1-6H,(H2,21,28)(H,26,27)(H,22,23,24,25). The lowest BCUT2D eigenvalue weighted by molar-refractivity contribution is 0.100. The molecule has 4 rings (SSSR count). The van der Waals surface area contributed by atoms with E-state index in [0.29, 0.717) is 44.1 Å². The van der Waals surface area contributed by atoms with Crippen molar-refractivity contribution in [3.05, 3.63) is 57.6 Å². The maximum absolute atomic E-state index is 11.8. The van der Waals surface area contributed by atoms with Gasteiger partial charge in [0, 0.05) is 12.3 Å². The van der Waals surface area contributed by atoms with Crippen LogP contribution in [0.25, 0.3) is 22.4 Å². The van der Waals surface area contributed by atoms with Gasteiger partial charge in [0.2, 0.25) is 0 Å². The number of hydrogen-bond acceptors (Lipinski definition) is 6. The first-order valence-electron chi connectivity index (χ1n) is 7.81. The summed E-state index contributed by atoms with van der Waals surface area (Å²) < 4.78 is 0. The molecule has 0 bridgehead atoms. The highest BCUT2D eigenvalue weighted by molar-refractivity contribution is 6.39. The molecule has 1 amide bonds. The van der Waals surface area contributed by atoms with E-state index in [1.54, 1.807) is 18.2 Å². The minimum absolute atomic E-state index is 0.145. The zero-order chi connectivity index (χ0) is 19.8. The number of carbonyl (C=O) groups is 1. The van der Waals surface area contributed by atoms with Crippen molar-refractivity contribution in [3.8, 4) is 11.4 Å². The van der Waals surface area contributed by atoms with Gasteiger partial charge in [-0.3, -0.25) is 4.79 Å². The molecule has 0 spiro atoms. The van der Waals surface area contributed by atoms with Crippen LogP contribution >= 0.6 is 34.8 Å². The van der Waals surface area contributed by atoms with Crippen LogP contribution in [0.4, 0.5) is 11.6 Å². The van der Waals surface area contributed by atoms with Gasteiger partial charge in [0.25, 0.3) is 5.91 Å². The number of H-pyrrole nitrogens is 1. The lowest BCUT2D eigenvalue weighted by atomic mass is 10.2. The third-order valence-corrected chi connectivity index (χ3v) is 4.70. The number of halogens is 3. The normalized spacial score (nSPS) is 11.0. The smallest absolute Gasteiger partial charge is 0.252 e. The minimum atomic E-state index is -0.669. The third kappa shape index (κ3) is 3.33. The number of rotatable bonds is 4. The van der Waals surface area contributed by atoms with Gasteiger partial charge in [-0.1, -0.05) is 40.9 Å². The molecule has 0 aliphatic carbocycles. The van der Waals surface area contributed by atoms with Crippen LogP contribution < -0.4 is 11.1 Å². The predicted molar refractivity (Wildman–Crippen MR) is 108 cm³/mol. The lowest BCUT2D eigenvalue weighted by Crippen LogP contribution is -2.12. The predicted octanol–water partition coefficient (Wildman–Crippen LogP) is 4.22. The van der Waals surface area contributed by atoms with Crippen molar-refractivity contribution in [1.29, 1.82) is 0 Å². The van der Waals surface area contributed by atoms with Crippen molar-refractivity contribution in [2.45, 2.75) is 0 Å². The van der Waals surface area contributed by atoms with Crippen molar-refractivity contribution in [1.82, 2.24) is 24.9 Å². The van der Waals surface area contributed by atoms with Gasteiger partial charge >= 0.3 is 0 Å². The molecule has 0 saturated heterocycles. The Bertz CT molecular complexity index is 1200. The number of nitrogens with zero attached hydrogens (tertiary/aromatic N) is 4. The Labute approximate surface area is 173 Å². The second-order valence-corrected chi connectivity index (χ2v) is 6.84. The summed E-state index contributed by atoms with van der Waals surface area (Å²) in [5, 5.41) is 4.07. The first kappa shape index (κ1) is 18.4. The number of aromatic nitrogens is 5. The number of amides is 1. The highest BCUT2D eigenvalue weighted by atomic mass is 35.5. The van der Waals surface area contributed by atoms with Crippen molar-refractivity contribution >= 4 is 63.4 Å². The summed E-state index contributed by atoms with van der Waals surface area (Å²) in [6.45, 7) is 0. The number of primary amides is 1. The number of nitrogens with one attached hydrogen (secondary N) is 2. The van der Waals surface area contributed by atoms with Crippen molar-refractivity contribution in [2.24, 2.45) is 5.73 Å². The average molecular weight is 435 g/mol. The summed E-state index contributed by atoms with van der Waals surface area (Å²) in [4.78, 5) is 31.6. The molecule has 0 radical (unpaired) electrons. The number of imidazole rings is 1. The summed E-state index contributed by atoms with van der Waals surface area (Å²) in [5.74, 6) is 0.464. The van der Waals surface area contributed by atoms with Crippen LogP contribution in [0.1, 0.15) is 10.4 Å². The number of nitrogens with two attached hydrogens (primary N) is 1. The first-order valence-corrected chi connectivity index (χ1v) is 8.95. The SMILES string of the molecule is NC(=O)c1cnc(Nc2cc(Cl)ncn2)c2[nH]c(-c3c(Cl)cccc3Cl)nc12. The molecule has 8 nitrogen and oxygen atoms in total. The average Bonchev–Trinajstić information content (AvgIpc) is 3.06. The number of hydrogen-bond donors (Lipinski definition) is 3. The molecule has 1 aromatic carbocycles. The highest BCUT2D eigenvalue weighted by Crippen LogP contribution is 2.35. The molecule has 4 N–H and O–H groups in total. The van der Waals surface area contributed by atoms with Crippen LogP contribution in [0.5, 0.6) is 0 Å². The molecule has 0 atom stereocenters. The summed E-state index contributed by atoms with van der Waals surface area (Å²) in [5.41, 5.74) is 6.85. The second kappa shape index (κ2) is 7.23. The summed E-state index contributed by atoms with van der Waals surface area (Å²) in [6, 6.07) is 6.62. The summed E-state index contributed by atoms with van der Waals surface area (Å²) >= 11 is 18.5. The maximum Gasteiger partial charge on any atom is 0.252 e. The van der Waals surface area contributed by atoms with E-state index in [1.807, 2.05) is 0 Å². The third-order valence-electron chi connectivity index (χ3n) is 3.86. The van der Waals surface area contributed by atoms with Gasteiger partial charge in [0.1, 0.15) is 34.2 Å². The lowest BCUT2D eigenvalue weighted by Gasteiger charge is -2.06. The molecule has 4 aromatic rings. The van der Waals surface area contributed by atoms with Gasteiger partial charge in [-0.05, 0) is 12.1 Å². The quantitative estimate of drug-likeness (QED) is 0.413. The van der Waals surface area contributed by atoms with Crippen LogP contribution in [0.15, 0.2) is 36.8 Å². The number of anilines is 2. The van der Waals surface area contributed by atoms with E-state index < -0.39 is 5.91 Å². The van der Waals surface area contributed by atoms with Crippen molar-refractivity contribution in [3.63, 3.8) is 0 Å². The van der Waals surface area contributed by atoms with E-state index in [1.165, 1.54) is 18.6 Å². The van der Waals surface area contributed by atoms with E-state index in [0.717, 1.165) is 0 Å². The number of aromatic amines is 1. The molecular formula is C17H10Cl3N7O. The fraction of sp³-hybridized carbons (Fsp3) is 0. The highest BCUT2D eigenvalue weighted by Gasteiger charge is 2.19. The van der Waals surface area contributed by atoms with Crippen LogP contribution in [-0.2, 0) is 0 Å². The van der Waals surface area contributed by atoms with Crippen LogP contribution in [0.2, 0.25) is 15.2 Å². The second-order valence-electron chi connectivity index (χ2n) is 5.64. The van der Waals surface area contributed by atoms with Gasteiger partial charge in [-0.25, -0.2) is 19.9 Å². The Morgan fingerprint density at radius 3 is 2.54 bits per heavy atom. The molecule has 0 fully saturated rings. The van der Waals surface area contributed by atoms with E-state index in [2.05, 4.69) is 30.2 Å². The molecule has 0 unspecified atom stereocenters. The van der Waals surface area contributed by atoms with Gasteiger partial charge in [-0.2, -0.15) is 0 Å². The largest absolute Gasteiger partial charge is 0.365 e. The summed E-state index contributed by atoms with van der Waals surface area (Å²) in [7, 11) is 0. The van der Waals surface area contributed by atoms with Crippen molar-refractivity contribution in [2.75, 3.05) is 5.32 Å². The molecule has 3 heterocycles. The topological polar surface area (TPSA) is 122 Å². The summed E-state index contributed by atoms with van der Waals surface area (Å²) in [6.07, 6.45) is 2.64. The Hall–Kier alpha value is -2.94. The molecule has 0 aliphatic rings. The Kier molecular flexibility index (Phi) is 4.76. The van der Waals surface area contributed by atoms with Gasteiger partial charge in [0.15, 0.2) is 5.82 Å². The van der Waals surface area contributed by atoms with Gasteiger partial charge < -0.3 is 16.0 Å². The minimum Gasteiger partial charge on any atom is -0.365 e. The first-order chi connectivity index (χ1) is 13.4.